The fourth-order valence-corrected chi connectivity index (χ4v) is 5.84. The Hall–Kier alpha value is -6.59. The molecule has 226 valence electrons. The van der Waals surface area contributed by atoms with E-state index in [1.807, 2.05) is 97.3 Å². The Morgan fingerprint density at radius 1 is 0.312 bits per heavy atom. The normalized spacial score (nSPS) is 10.9. The van der Waals surface area contributed by atoms with Gasteiger partial charge >= 0.3 is 0 Å². The summed E-state index contributed by atoms with van der Waals surface area (Å²) in [6, 6.07) is 53.8. The van der Waals surface area contributed by atoms with Gasteiger partial charge in [0.05, 0.1) is 5.69 Å². The van der Waals surface area contributed by atoms with Gasteiger partial charge in [-0.3, -0.25) is 9.97 Å². The molecule has 0 radical (unpaired) electrons. The van der Waals surface area contributed by atoms with Crippen molar-refractivity contribution in [2.45, 2.75) is 0 Å². The summed E-state index contributed by atoms with van der Waals surface area (Å²) < 4.78 is 0. The Morgan fingerprint density at radius 3 is 1.38 bits per heavy atom. The first-order valence-electron chi connectivity index (χ1n) is 15.8. The lowest BCUT2D eigenvalue weighted by molar-refractivity contribution is 1.07. The molecule has 8 aromatic rings. The Labute approximate surface area is 279 Å². The molecular weight excluding hydrogens is 587 g/mol. The molecule has 0 aliphatic heterocycles. The van der Waals surface area contributed by atoms with E-state index in [0.717, 1.165) is 61.3 Å². The van der Waals surface area contributed by atoms with Gasteiger partial charge in [-0.25, -0.2) is 15.0 Å². The Kier molecular flexibility index (Phi) is 7.83. The number of rotatable bonds is 7. The van der Waals surface area contributed by atoms with Crippen molar-refractivity contribution < 1.29 is 0 Å². The van der Waals surface area contributed by atoms with Gasteiger partial charge < -0.3 is 0 Å². The van der Waals surface area contributed by atoms with Crippen molar-refractivity contribution in [3.05, 3.63) is 176 Å². The summed E-state index contributed by atoms with van der Waals surface area (Å²) in [6.45, 7) is 0. The number of pyridine rings is 2. The van der Waals surface area contributed by atoms with Crippen molar-refractivity contribution in [1.82, 2.24) is 24.9 Å². The molecule has 48 heavy (non-hydrogen) atoms. The van der Waals surface area contributed by atoms with Crippen LogP contribution in [-0.4, -0.2) is 24.9 Å². The maximum absolute atomic E-state index is 4.92. The van der Waals surface area contributed by atoms with Gasteiger partial charge in [0.1, 0.15) is 0 Å². The predicted octanol–water partition coefficient (Wildman–Crippen LogP) is 10.3. The highest BCUT2D eigenvalue weighted by atomic mass is 15.0. The van der Waals surface area contributed by atoms with E-state index in [-0.39, 0.29) is 0 Å². The molecule has 0 saturated carbocycles. The monoisotopic (exact) mass is 615 g/mol. The Balaban J connectivity index is 1.21. The molecule has 0 spiro atoms. The molecular formula is C43H29N5. The molecule has 0 amide bonds. The third-order valence-electron chi connectivity index (χ3n) is 8.32. The van der Waals surface area contributed by atoms with E-state index >= 15 is 0 Å². The Morgan fingerprint density at radius 2 is 0.812 bits per heavy atom. The number of hydrogen-bond donors (Lipinski definition) is 0. The van der Waals surface area contributed by atoms with Crippen LogP contribution in [0.1, 0.15) is 0 Å². The van der Waals surface area contributed by atoms with Gasteiger partial charge in [0.25, 0.3) is 0 Å². The van der Waals surface area contributed by atoms with Crippen LogP contribution in [0.2, 0.25) is 0 Å². The number of hydrogen-bond acceptors (Lipinski definition) is 5. The standard InChI is InChI=1S/C43H29N5/c1-3-10-33(11-4-1)41-46-42(34-12-5-2-6-13-34)48-43(47-41)35-22-18-31(19-23-35)39-28-36(37-14-9-26-44-29-37)24-25-38(39)30-16-20-32(21-17-30)40-15-7-8-27-45-40/h1-29H. The molecule has 0 fully saturated rings. The molecule has 5 heteroatoms. The fraction of sp³-hybridized carbons (Fsp3) is 0. The molecule has 0 aliphatic rings. The molecule has 3 aromatic heterocycles. The topological polar surface area (TPSA) is 64.5 Å². The summed E-state index contributed by atoms with van der Waals surface area (Å²) >= 11 is 0. The highest BCUT2D eigenvalue weighted by Gasteiger charge is 2.14. The summed E-state index contributed by atoms with van der Waals surface area (Å²) in [5.74, 6) is 1.91. The van der Waals surface area contributed by atoms with Crippen molar-refractivity contribution in [1.29, 1.82) is 0 Å². The number of benzene rings is 5. The van der Waals surface area contributed by atoms with Crippen LogP contribution in [0.4, 0.5) is 0 Å². The summed E-state index contributed by atoms with van der Waals surface area (Å²) in [4.78, 5) is 23.6. The fourth-order valence-electron chi connectivity index (χ4n) is 5.84. The molecule has 0 atom stereocenters. The van der Waals surface area contributed by atoms with E-state index < -0.39 is 0 Å². The van der Waals surface area contributed by atoms with Gasteiger partial charge in [0.2, 0.25) is 0 Å². The van der Waals surface area contributed by atoms with Gasteiger partial charge in [0, 0.05) is 46.4 Å². The van der Waals surface area contributed by atoms with Crippen LogP contribution >= 0.6 is 0 Å². The van der Waals surface area contributed by atoms with Crippen LogP contribution in [0, 0.1) is 0 Å². The van der Waals surface area contributed by atoms with Crippen molar-refractivity contribution >= 4 is 0 Å². The van der Waals surface area contributed by atoms with E-state index in [4.69, 9.17) is 15.0 Å². The zero-order valence-electron chi connectivity index (χ0n) is 26.0. The first-order valence-corrected chi connectivity index (χ1v) is 15.8. The SMILES string of the molecule is c1ccc(-c2nc(-c3ccccc3)nc(-c3ccc(-c4cc(-c5cccnc5)ccc4-c4ccc(-c5ccccn5)cc4)cc3)n2)cc1. The summed E-state index contributed by atoms with van der Waals surface area (Å²) in [6.07, 6.45) is 5.53. The van der Waals surface area contributed by atoms with Crippen LogP contribution in [0.5, 0.6) is 0 Å². The van der Waals surface area contributed by atoms with Gasteiger partial charge in [-0.05, 0) is 52.1 Å². The summed E-state index contributed by atoms with van der Waals surface area (Å²) in [5, 5.41) is 0. The molecule has 0 unspecified atom stereocenters. The second kappa shape index (κ2) is 13.0. The molecule has 0 saturated heterocycles. The molecule has 0 aliphatic carbocycles. The van der Waals surface area contributed by atoms with E-state index in [1.165, 1.54) is 0 Å². The molecule has 0 bridgehead atoms. The smallest absolute Gasteiger partial charge is 0.164 e. The number of nitrogens with zero attached hydrogens (tertiary/aromatic N) is 5. The van der Waals surface area contributed by atoms with Crippen LogP contribution in [0.15, 0.2) is 176 Å². The summed E-state index contributed by atoms with van der Waals surface area (Å²) in [5.41, 5.74) is 11.5. The lowest BCUT2D eigenvalue weighted by Gasteiger charge is -2.14. The quantitative estimate of drug-likeness (QED) is 0.178. The zero-order valence-corrected chi connectivity index (χ0v) is 26.0. The average Bonchev–Trinajstić information content (AvgIpc) is 3.19. The van der Waals surface area contributed by atoms with Crippen LogP contribution in [0.25, 0.3) is 78.8 Å². The van der Waals surface area contributed by atoms with Crippen molar-refractivity contribution in [3.63, 3.8) is 0 Å². The minimum Gasteiger partial charge on any atom is -0.264 e. The van der Waals surface area contributed by atoms with Gasteiger partial charge in [0.15, 0.2) is 17.5 Å². The second-order valence-electron chi connectivity index (χ2n) is 11.4. The van der Waals surface area contributed by atoms with Gasteiger partial charge in [-0.15, -0.1) is 0 Å². The van der Waals surface area contributed by atoms with Crippen molar-refractivity contribution in [3.8, 4) is 78.8 Å². The average molecular weight is 616 g/mol. The van der Waals surface area contributed by atoms with E-state index in [2.05, 4.69) is 82.8 Å². The third-order valence-corrected chi connectivity index (χ3v) is 8.32. The largest absolute Gasteiger partial charge is 0.264 e. The van der Waals surface area contributed by atoms with Crippen LogP contribution < -0.4 is 0 Å². The maximum atomic E-state index is 4.92. The number of aromatic nitrogens is 5. The van der Waals surface area contributed by atoms with E-state index in [9.17, 15) is 0 Å². The minimum absolute atomic E-state index is 0.628. The van der Waals surface area contributed by atoms with Gasteiger partial charge in [-0.2, -0.15) is 0 Å². The van der Waals surface area contributed by atoms with E-state index in [1.54, 1.807) is 6.20 Å². The lowest BCUT2D eigenvalue weighted by atomic mass is 9.90. The molecule has 8 rings (SSSR count). The Bertz CT molecular complexity index is 2230. The van der Waals surface area contributed by atoms with Gasteiger partial charge in [-0.1, -0.05) is 133 Å². The van der Waals surface area contributed by atoms with Crippen molar-refractivity contribution in [2.24, 2.45) is 0 Å². The predicted molar refractivity (Wildman–Crippen MR) is 193 cm³/mol. The highest BCUT2D eigenvalue weighted by Crippen LogP contribution is 2.37. The van der Waals surface area contributed by atoms with E-state index in [0.29, 0.717) is 17.5 Å². The molecule has 3 heterocycles. The first kappa shape index (κ1) is 28.9. The maximum Gasteiger partial charge on any atom is 0.164 e. The highest BCUT2D eigenvalue weighted by molar-refractivity contribution is 5.88. The minimum atomic E-state index is 0.628. The molecule has 0 N–H and O–H groups in total. The first-order chi connectivity index (χ1) is 23.8. The second-order valence-corrected chi connectivity index (χ2v) is 11.4. The van der Waals surface area contributed by atoms with Crippen LogP contribution in [0.3, 0.4) is 0 Å². The summed E-state index contributed by atoms with van der Waals surface area (Å²) in [7, 11) is 0. The molecule has 5 nitrogen and oxygen atoms in total. The zero-order chi connectivity index (χ0) is 32.1. The van der Waals surface area contributed by atoms with Crippen LogP contribution in [-0.2, 0) is 0 Å². The van der Waals surface area contributed by atoms with Crippen molar-refractivity contribution in [2.75, 3.05) is 0 Å². The lowest BCUT2D eigenvalue weighted by Crippen LogP contribution is -2.00. The third kappa shape index (κ3) is 6.00. The molecule has 5 aromatic carbocycles.